The first-order valence-electron chi connectivity index (χ1n) is 7.23. The number of hydrogen-bond acceptors (Lipinski definition) is 3. The van der Waals surface area contributed by atoms with Crippen molar-refractivity contribution in [2.75, 3.05) is 19.7 Å². The molecular formula is C16H27ClN2O2. The summed E-state index contributed by atoms with van der Waals surface area (Å²) in [7, 11) is 0. The van der Waals surface area contributed by atoms with Crippen molar-refractivity contribution in [2.24, 2.45) is 0 Å². The van der Waals surface area contributed by atoms with Crippen LogP contribution in [0.25, 0.3) is 0 Å². The molecule has 0 bridgehead atoms. The molecule has 1 aromatic rings. The molecule has 1 rings (SSSR count). The standard InChI is InChI=1S/C16H26N2O2.ClH/c1-5-17-14(4)11-18-16(19)8-9-20-15-7-6-12(2)13(3)10-15;/h6-7,10,14,17H,5,8-9,11H2,1-4H3,(H,18,19);1H/t14-;/m1./s1. The summed E-state index contributed by atoms with van der Waals surface area (Å²) in [5.74, 6) is 0.848. The summed E-state index contributed by atoms with van der Waals surface area (Å²) in [5, 5.41) is 6.14. The van der Waals surface area contributed by atoms with Gasteiger partial charge in [0.15, 0.2) is 0 Å². The van der Waals surface area contributed by atoms with E-state index in [1.165, 1.54) is 11.1 Å². The van der Waals surface area contributed by atoms with Gasteiger partial charge in [-0.05, 0) is 50.6 Å². The van der Waals surface area contributed by atoms with Gasteiger partial charge in [-0.25, -0.2) is 0 Å². The maximum absolute atomic E-state index is 11.6. The summed E-state index contributed by atoms with van der Waals surface area (Å²) in [4.78, 5) is 11.6. The Morgan fingerprint density at radius 2 is 2.00 bits per heavy atom. The van der Waals surface area contributed by atoms with Crippen LogP contribution < -0.4 is 15.4 Å². The van der Waals surface area contributed by atoms with Gasteiger partial charge in [-0.3, -0.25) is 4.79 Å². The molecule has 0 unspecified atom stereocenters. The van der Waals surface area contributed by atoms with Crippen molar-refractivity contribution in [3.63, 3.8) is 0 Å². The topological polar surface area (TPSA) is 50.4 Å². The van der Waals surface area contributed by atoms with E-state index in [0.29, 0.717) is 25.6 Å². The van der Waals surface area contributed by atoms with E-state index in [1.54, 1.807) is 0 Å². The maximum Gasteiger partial charge on any atom is 0.223 e. The SMILES string of the molecule is CCN[C@H](C)CNC(=O)CCOc1ccc(C)c(C)c1.Cl. The van der Waals surface area contributed by atoms with E-state index in [2.05, 4.69) is 38.3 Å². The highest BCUT2D eigenvalue weighted by Crippen LogP contribution is 2.16. The third kappa shape index (κ3) is 7.93. The Kier molecular flexibility index (Phi) is 9.84. The van der Waals surface area contributed by atoms with Crippen molar-refractivity contribution in [3.05, 3.63) is 29.3 Å². The number of amides is 1. The highest BCUT2D eigenvalue weighted by Gasteiger charge is 2.05. The van der Waals surface area contributed by atoms with Crippen LogP contribution in [-0.4, -0.2) is 31.6 Å². The van der Waals surface area contributed by atoms with Gasteiger partial charge >= 0.3 is 0 Å². The molecule has 1 aromatic carbocycles. The van der Waals surface area contributed by atoms with E-state index in [1.807, 2.05) is 18.2 Å². The number of benzene rings is 1. The Hall–Kier alpha value is -1.26. The summed E-state index contributed by atoms with van der Waals surface area (Å²) in [6.07, 6.45) is 0.381. The molecule has 0 spiro atoms. The van der Waals surface area contributed by atoms with Crippen molar-refractivity contribution >= 4 is 18.3 Å². The molecule has 5 heteroatoms. The van der Waals surface area contributed by atoms with Gasteiger partial charge in [0, 0.05) is 12.6 Å². The summed E-state index contributed by atoms with van der Waals surface area (Å²) in [6.45, 7) is 10.2. The number of likely N-dealkylation sites (N-methyl/N-ethyl adjacent to an activating group) is 1. The fourth-order valence-electron chi connectivity index (χ4n) is 1.84. The molecule has 0 heterocycles. The molecule has 2 N–H and O–H groups in total. The Morgan fingerprint density at radius 3 is 2.62 bits per heavy atom. The third-order valence-electron chi connectivity index (χ3n) is 3.23. The van der Waals surface area contributed by atoms with E-state index >= 15 is 0 Å². The Labute approximate surface area is 134 Å². The van der Waals surface area contributed by atoms with Crippen LogP contribution in [0.15, 0.2) is 18.2 Å². The summed E-state index contributed by atoms with van der Waals surface area (Å²) in [6, 6.07) is 6.26. The predicted octanol–water partition coefficient (Wildman–Crippen LogP) is 2.61. The van der Waals surface area contributed by atoms with Crippen LogP contribution in [0.1, 0.15) is 31.4 Å². The molecule has 0 radical (unpaired) electrons. The number of halogens is 1. The van der Waals surface area contributed by atoms with E-state index in [0.717, 1.165) is 12.3 Å². The Bertz CT molecular complexity index is 438. The van der Waals surface area contributed by atoms with Crippen LogP contribution in [0.2, 0.25) is 0 Å². The summed E-state index contributed by atoms with van der Waals surface area (Å²) in [5.41, 5.74) is 2.44. The minimum Gasteiger partial charge on any atom is -0.493 e. The second-order valence-corrected chi connectivity index (χ2v) is 5.11. The van der Waals surface area contributed by atoms with Crippen LogP contribution in [0.5, 0.6) is 5.75 Å². The molecule has 120 valence electrons. The molecule has 4 nitrogen and oxygen atoms in total. The molecule has 1 atom stereocenters. The predicted molar refractivity (Wildman–Crippen MR) is 89.4 cm³/mol. The van der Waals surface area contributed by atoms with Crippen LogP contribution in [0.3, 0.4) is 0 Å². The minimum atomic E-state index is 0. The molecule has 0 saturated heterocycles. The molecule has 0 aliphatic rings. The normalized spacial score (nSPS) is 11.4. The highest BCUT2D eigenvalue weighted by atomic mass is 35.5. The van der Waals surface area contributed by atoms with Gasteiger partial charge < -0.3 is 15.4 Å². The summed E-state index contributed by atoms with van der Waals surface area (Å²) >= 11 is 0. The molecule has 0 aliphatic heterocycles. The number of aryl methyl sites for hydroxylation is 2. The largest absolute Gasteiger partial charge is 0.493 e. The minimum absolute atomic E-state index is 0. The first-order chi connectivity index (χ1) is 9.52. The molecular weight excluding hydrogens is 288 g/mol. The van der Waals surface area contributed by atoms with Crippen molar-refractivity contribution in [1.29, 1.82) is 0 Å². The average Bonchev–Trinajstić information content (AvgIpc) is 2.41. The van der Waals surface area contributed by atoms with Crippen molar-refractivity contribution in [1.82, 2.24) is 10.6 Å². The van der Waals surface area contributed by atoms with E-state index < -0.39 is 0 Å². The van der Waals surface area contributed by atoms with Gasteiger partial charge in [-0.1, -0.05) is 13.0 Å². The molecule has 21 heavy (non-hydrogen) atoms. The number of nitrogens with one attached hydrogen (secondary N) is 2. The monoisotopic (exact) mass is 314 g/mol. The van der Waals surface area contributed by atoms with Gasteiger partial charge in [0.05, 0.1) is 13.0 Å². The molecule has 0 fully saturated rings. The van der Waals surface area contributed by atoms with E-state index in [4.69, 9.17) is 4.74 Å². The van der Waals surface area contributed by atoms with Crippen LogP contribution in [0.4, 0.5) is 0 Å². The van der Waals surface area contributed by atoms with Crippen molar-refractivity contribution in [3.8, 4) is 5.75 Å². The van der Waals surface area contributed by atoms with Crippen molar-refractivity contribution in [2.45, 2.75) is 40.2 Å². The number of rotatable bonds is 8. The molecule has 0 aliphatic carbocycles. The number of hydrogen-bond donors (Lipinski definition) is 2. The smallest absolute Gasteiger partial charge is 0.223 e. The number of ether oxygens (including phenoxy) is 1. The van der Waals surface area contributed by atoms with E-state index in [9.17, 15) is 4.79 Å². The molecule has 0 saturated carbocycles. The zero-order chi connectivity index (χ0) is 15.0. The lowest BCUT2D eigenvalue weighted by Gasteiger charge is -2.13. The fraction of sp³-hybridized carbons (Fsp3) is 0.562. The van der Waals surface area contributed by atoms with Gasteiger partial charge in [-0.15, -0.1) is 12.4 Å². The Morgan fingerprint density at radius 1 is 1.29 bits per heavy atom. The second kappa shape index (κ2) is 10.5. The molecule has 0 aromatic heterocycles. The lowest BCUT2D eigenvalue weighted by atomic mass is 10.1. The first-order valence-corrected chi connectivity index (χ1v) is 7.23. The zero-order valence-electron chi connectivity index (χ0n) is 13.4. The lowest BCUT2D eigenvalue weighted by molar-refractivity contribution is -0.121. The van der Waals surface area contributed by atoms with Crippen molar-refractivity contribution < 1.29 is 9.53 Å². The average molecular weight is 315 g/mol. The second-order valence-electron chi connectivity index (χ2n) is 5.11. The summed E-state index contributed by atoms with van der Waals surface area (Å²) < 4.78 is 5.59. The quantitative estimate of drug-likeness (QED) is 0.775. The van der Waals surface area contributed by atoms with E-state index in [-0.39, 0.29) is 18.3 Å². The zero-order valence-corrected chi connectivity index (χ0v) is 14.2. The van der Waals surface area contributed by atoms with Gasteiger partial charge in [0.1, 0.15) is 5.75 Å². The van der Waals surface area contributed by atoms with Crippen LogP contribution >= 0.6 is 12.4 Å². The molecule has 1 amide bonds. The van der Waals surface area contributed by atoms with Gasteiger partial charge in [0.25, 0.3) is 0 Å². The lowest BCUT2D eigenvalue weighted by Crippen LogP contribution is -2.39. The fourth-order valence-corrected chi connectivity index (χ4v) is 1.84. The number of carbonyl (C=O) groups excluding carboxylic acids is 1. The Balaban J connectivity index is 0.00000400. The third-order valence-corrected chi connectivity index (χ3v) is 3.23. The number of carbonyl (C=O) groups is 1. The highest BCUT2D eigenvalue weighted by molar-refractivity contribution is 5.85. The van der Waals surface area contributed by atoms with Gasteiger partial charge in [-0.2, -0.15) is 0 Å². The maximum atomic E-state index is 11.6. The van der Waals surface area contributed by atoms with Gasteiger partial charge in [0.2, 0.25) is 5.91 Å². The first kappa shape index (κ1) is 19.7. The van der Waals surface area contributed by atoms with Crippen LogP contribution in [-0.2, 0) is 4.79 Å². The van der Waals surface area contributed by atoms with Crippen LogP contribution in [0, 0.1) is 13.8 Å².